The number of benzene rings is 2. The summed E-state index contributed by atoms with van der Waals surface area (Å²) in [5.74, 6) is -2.33. The molecule has 6 aromatic rings. The first-order chi connectivity index (χ1) is 26.2. The Bertz CT molecular complexity index is 2180. The fourth-order valence-corrected chi connectivity index (χ4v) is 4.67. The Hall–Kier alpha value is -5.48. The van der Waals surface area contributed by atoms with Gasteiger partial charge in [0.05, 0.1) is 22.4 Å². The Morgan fingerprint density at radius 3 is 1.45 bits per heavy atom. The van der Waals surface area contributed by atoms with E-state index in [0.717, 1.165) is 32.0 Å². The lowest BCUT2D eigenvalue weighted by atomic mass is 9.86. The average Bonchev–Trinajstić information content (AvgIpc) is 3.73. The summed E-state index contributed by atoms with van der Waals surface area (Å²) in [4.78, 5) is 7.89. The van der Waals surface area contributed by atoms with Gasteiger partial charge >= 0.3 is 19.5 Å². The van der Waals surface area contributed by atoms with E-state index in [1.165, 1.54) is 56.7 Å². The molecule has 0 fully saturated rings. The van der Waals surface area contributed by atoms with Crippen molar-refractivity contribution < 1.29 is 63.4 Å². The van der Waals surface area contributed by atoms with Crippen molar-refractivity contribution in [3.05, 3.63) is 135 Å². The van der Waals surface area contributed by atoms with Crippen molar-refractivity contribution in [3.63, 3.8) is 0 Å². The number of ether oxygens (including phenoxy) is 2. The van der Waals surface area contributed by atoms with Crippen molar-refractivity contribution in [2.45, 2.75) is 25.6 Å². The summed E-state index contributed by atoms with van der Waals surface area (Å²) < 4.78 is 141. The predicted molar refractivity (Wildman–Crippen MR) is 183 cm³/mol. The molecule has 0 unspecified atom stereocenters. The fraction of sp³-hybridized carbons (Fsp3) is 0.176. The molecule has 56 heavy (non-hydrogen) atoms. The van der Waals surface area contributed by atoms with Crippen LogP contribution < -0.4 is 15.1 Å². The van der Waals surface area contributed by atoms with Crippen LogP contribution in [0.3, 0.4) is 0 Å². The van der Waals surface area contributed by atoms with Gasteiger partial charge < -0.3 is 19.5 Å². The van der Waals surface area contributed by atoms with Gasteiger partial charge in [0, 0.05) is 48.7 Å². The molecule has 0 amide bonds. The second-order valence-corrected chi connectivity index (χ2v) is 12.1. The van der Waals surface area contributed by atoms with E-state index in [4.69, 9.17) is 19.5 Å². The largest absolute Gasteiger partial charge is 0.507 e. The van der Waals surface area contributed by atoms with Gasteiger partial charge in [-0.3, -0.25) is 9.36 Å². The molecular weight excluding hydrogens is 837 g/mol. The molecule has 0 aliphatic heterocycles. The van der Waals surface area contributed by atoms with Crippen molar-refractivity contribution in [3.8, 4) is 23.0 Å². The van der Waals surface area contributed by atoms with Crippen LogP contribution in [0.2, 0.25) is 0 Å². The highest BCUT2D eigenvalue weighted by Gasteiger charge is 2.36. The molecular formula is C34H26BBrF10N6O4. The van der Waals surface area contributed by atoms with Crippen molar-refractivity contribution in [2.75, 3.05) is 0 Å². The van der Waals surface area contributed by atoms with Crippen molar-refractivity contribution in [1.29, 1.82) is 0 Å². The highest BCUT2D eigenvalue weighted by atomic mass is 79.9. The van der Waals surface area contributed by atoms with E-state index in [9.17, 15) is 43.9 Å². The number of aryl methyl sites for hydroxylation is 2. The third-order valence-corrected chi connectivity index (χ3v) is 7.69. The Kier molecular flexibility index (Phi) is 14.2. The number of nitrogens with zero attached hydrogens (tertiary/aromatic N) is 6. The normalized spacial score (nSPS) is 11.3. The molecule has 0 spiro atoms. The van der Waals surface area contributed by atoms with Gasteiger partial charge in [-0.05, 0) is 64.5 Å². The molecule has 0 saturated carbocycles. The van der Waals surface area contributed by atoms with Crippen LogP contribution >= 0.6 is 15.9 Å². The van der Waals surface area contributed by atoms with Crippen LogP contribution in [0.15, 0.2) is 89.7 Å². The van der Waals surface area contributed by atoms with Gasteiger partial charge in [0.15, 0.2) is 11.4 Å². The monoisotopic (exact) mass is 862 g/mol. The molecule has 0 saturated heterocycles. The van der Waals surface area contributed by atoms with Gasteiger partial charge in [0.25, 0.3) is 0 Å². The number of halogens is 11. The molecule has 0 radical (unpaired) electrons. The first-order valence-electron chi connectivity index (χ1n) is 15.5. The maximum absolute atomic E-state index is 13.5. The minimum Gasteiger partial charge on any atom is -0.473 e. The van der Waals surface area contributed by atoms with Gasteiger partial charge in [-0.15, -0.1) is 0 Å². The number of rotatable bonds is 8. The molecule has 22 heteroatoms. The fourth-order valence-electron chi connectivity index (χ4n) is 4.44. The summed E-state index contributed by atoms with van der Waals surface area (Å²) in [5.41, 5.74) is -2.18. The van der Waals surface area contributed by atoms with Gasteiger partial charge in [-0.25, -0.2) is 27.5 Å². The number of pyridine rings is 2. The zero-order chi connectivity index (χ0) is 41.4. The predicted octanol–water partition coefficient (Wildman–Crippen LogP) is 7.18. The van der Waals surface area contributed by atoms with E-state index in [2.05, 4.69) is 36.1 Å². The molecule has 0 bridgehead atoms. The molecule has 0 aliphatic rings. The van der Waals surface area contributed by atoms with Gasteiger partial charge in [0.2, 0.25) is 11.8 Å². The Morgan fingerprint density at radius 1 is 0.643 bits per heavy atom. The minimum absolute atomic E-state index is 0.0783. The average molecular weight is 863 g/mol. The summed E-state index contributed by atoms with van der Waals surface area (Å²) in [6.07, 6.45) is -6.27. The number of hydrogen-bond donors (Lipinski definition) is 2. The van der Waals surface area contributed by atoms with Crippen LogP contribution in [0.5, 0.6) is 11.8 Å². The van der Waals surface area contributed by atoms with Crippen LogP contribution in [0.4, 0.5) is 43.9 Å². The summed E-state index contributed by atoms with van der Waals surface area (Å²) in [6.45, 7) is -0.554. The first kappa shape index (κ1) is 43.3. The molecule has 2 aromatic carbocycles. The van der Waals surface area contributed by atoms with E-state index < -0.39 is 54.1 Å². The van der Waals surface area contributed by atoms with E-state index in [-0.39, 0.29) is 41.5 Å². The van der Waals surface area contributed by atoms with Crippen LogP contribution in [-0.4, -0.2) is 46.7 Å². The van der Waals surface area contributed by atoms with Crippen LogP contribution in [0.1, 0.15) is 22.5 Å². The number of hydrogen-bond acceptors (Lipinski definition) is 8. The van der Waals surface area contributed by atoms with E-state index >= 15 is 0 Å². The smallest absolute Gasteiger partial charge is 0.473 e. The van der Waals surface area contributed by atoms with Crippen LogP contribution in [0, 0.1) is 23.3 Å². The topological polar surface area (TPSA) is 120 Å². The van der Waals surface area contributed by atoms with Crippen LogP contribution in [0.25, 0.3) is 11.3 Å². The second kappa shape index (κ2) is 18.4. The third kappa shape index (κ3) is 11.8. The Balaban J connectivity index is 0.000000200. The zero-order valence-electron chi connectivity index (χ0n) is 28.6. The highest BCUT2D eigenvalue weighted by molar-refractivity contribution is 9.10. The lowest BCUT2D eigenvalue weighted by Crippen LogP contribution is -2.35. The zero-order valence-corrected chi connectivity index (χ0v) is 30.2. The third-order valence-electron chi connectivity index (χ3n) is 7.23. The maximum atomic E-state index is 13.5. The Labute approximate surface area is 319 Å². The van der Waals surface area contributed by atoms with Crippen molar-refractivity contribution in [1.82, 2.24) is 29.5 Å². The SMILES string of the molecule is Cn1nc(C(F)(F)F)cc1-c1ccc(OCc2c(F)cccc2F)nc1.Cn1nc(C(F)(F)F)cc1B(O)O.Fc1cccc(F)c1COc1ccc(Br)cn1. The molecule has 4 aromatic heterocycles. The quantitative estimate of drug-likeness (QED) is 0.122. The lowest BCUT2D eigenvalue weighted by molar-refractivity contribution is -0.142. The molecule has 296 valence electrons. The van der Waals surface area contributed by atoms with Crippen molar-refractivity contribution >= 4 is 28.6 Å². The molecule has 0 aliphatic carbocycles. The van der Waals surface area contributed by atoms with Gasteiger partial charge in [0.1, 0.15) is 36.5 Å². The van der Waals surface area contributed by atoms with Crippen molar-refractivity contribution in [2.24, 2.45) is 14.1 Å². The van der Waals surface area contributed by atoms with E-state index in [1.807, 2.05) is 0 Å². The lowest BCUT2D eigenvalue weighted by Gasteiger charge is -2.08. The number of alkyl halides is 6. The molecule has 6 rings (SSSR count). The van der Waals surface area contributed by atoms with Gasteiger partial charge in [-0.1, -0.05) is 12.1 Å². The summed E-state index contributed by atoms with van der Waals surface area (Å²) in [6, 6.07) is 14.9. The molecule has 0 atom stereocenters. The van der Waals surface area contributed by atoms with Crippen LogP contribution in [-0.2, 0) is 39.7 Å². The van der Waals surface area contributed by atoms with Gasteiger partial charge in [-0.2, -0.15) is 36.5 Å². The molecule has 10 nitrogen and oxygen atoms in total. The second-order valence-electron chi connectivity index (χ2n) is 11.2. The first-order valence-corrected chi connectivity index (χ1v) is 16.3. The maximum Gasteiger partial charge on any atom is 0.507 e. The highest BCUT2D eigenvalue weighted by Crippen LogP contribution is 2.32. The molecule has 4 heterocycles. The minimum atomic E-state index is -4.56. The van der Waals surface area contributed by atoms with E-state index in [0.29, 0.717) is 17.5 Å². The summed E-state index contributed by atoms with van der Waals surface area (Å²) >= 11 is 3.23. The summed E-state index contributed by atoms with van der Waals surface area (Å²) in [7, 11) is 0.633. The Morgan fingerprint density at radius 2 is 1.09 bits per heavy atom. The summed E-state index contributed by atoms with van der Waals surface area (Å²) in [5, 5.41) is 23.7. The number of aromatic nitrogens is 6. The van der Waals surface area contributed by atoms with E-state index in [1.54, 1.807) is 18.3 Å². The molecule has 2 N–H and O–H groups in total. The standard InChI is InChI=1S/C17H12F5N3O.C12H8BrF2NO.C5H6BF3N2O2/c1-25-14(7-15(24-25)17(20,21)22)10-5-6-16(23-8-10)26-9-11-12(18)3-2-4-13(11)19;13-8-4-5-12(16-6-8)17-7-9-10(14)2-1-3-11(9)15;1-11-4(6(12)13)2-3(10-11)5(7,8)9/h2-8H,9H2,1H3;1-6H,7H2;2,12-13H,1H3.